The summed E-state index contributed by atoms with van der Waals surface area (Å²) < 4.78 is 47.3. The lowest BCUT2D eigenvalue weighted by molar-refractivity contribution is -0.156. The fourth-order valence-electron chi connectivity index (χ4n) is 9.01. The molecule has 15 heteroatoms. The molecule has 2 aromatic carbocycles. The van der Waals surface area contributed by atoms with Gasteiger partial charge in [0.2, 0.25) is 13.3 Å². The lowest BCUT2D eigenvalue weighted by atomic mass is 9.77. The highest BCUT2D eigenvalue weighted by Gasteiger charge is 2.65. The van der Waals surface area contributed by atoms with Gasteiger partial charge in [-0.1, -0.05) is 45.0 Å². The number of pyridine rings is 1. The normalized spacial score (nSPS) is 22.9. The van der Waals surface area contributed by atoms with Crippen LogP contribution in [0.2, 0.25) is 0 Å². The first-order chi connectivity index (χ1) is 29.4. The van der Waals surface area contributed by atoms with Crippen LogP contribution in [0.15, 0.2) is 66.6 Å². The number of hydrogen-bond acceptors (Lipinski definition) is 11. The summed E-state index contributed by atoms with van der Waals surface area (Å²) in [5, 5.41) is 5.29. The van der Waals surface area contributed by atoms with E-state index in [0.29, 0.717) is 33.8 Å². The number of allylic oxidation sites excluding steroid dienone is 1. The Morgan fingerprint density at radius 2 is 1.84 bits per heavy atom. The molecule has 6 atom stereocenters. The second kappa shape index (κ2) is 18.2. The molecule has 1 amide bonds. The second-order valence-electron chi connectivity index (χ2n) is 18.5. The number of carbonyl (C=O) groups excluding carboxylic acids is 3. The molecule has 12 nitrogen and oxygen atoms in total. The van der Waals surface area contributed by atoms with E-state index >= 15 is 0 Å². The number of esters is 1. The number of likely N-dealkylation sites (tertiary alicyclic amines) is 1. The summed E-state index contributed by atoms with van der Waals surface area (Å²) in [5.41, 5.74) is 1.18. The molecule has 2 aromatic heterocycles. The highest BCUT2D eigenvalue weighted by atomic mass is 32.1. The predicted octanol–water partition coefficient (Wildman–Crippen LogP) is 9.59. The molecular weight excluding hydrogens is 831 g/mol. The van der Waals surface area contributed by atoms with Crippen LogP contribution in [0.5, 0.6) is 11.5 Å². The molecule has 2 saturated carbocycles. The van der Waals surface area contributed by atoms with E-state index in [9.17, 15) is 28.2 Å². The van der Waals surface area contributed by atoms with Crippen LogP contribution < -0.4 is 14.8 Å². The Labute approximate surface area is 367 Å². The van der Waals surface area contributed by atoms with E-state index in [0.717, 1.165) is 30.8 Å². The fourth-order valence-corrected chi connectivity index (χ4v) is 12.4. The smallest absolute Gasteiger partial charge is 0.306 e. The number of benzene rings is 2. The number of methoxy groups -OCH3 is 1. The van der Waals surface area contributed by atoms with E-state index < -0.39 is 71.6 Å². The van der Waals surface area contributed by atoms with Gasteiger partial charge in [0.05, 0.1) is 54.6 Å². The van der Waals surface area contributed by atoms with Crippen molar-refractivity contribution in [1.29, 1.82) is 0 Å². The minimum Gasteiger partial charge on any atom is -0.497 e. The second-order valence-corrected chi connectivity index (χ2v) is 21.9. The van der Waals surface area contributed by atoms with Gasteiger partial charge in [-0.25, -0.2) is 14.4 Å². The summed E-state index contributed by atoms with van der Waals surface area (Å²) in [4.78, 5) is 66.1. The Morgan fingerprint density at radius 1 is 1.10 bits per heavy atom. The number of amides is 1. The maximum atomic E-state index is 15.0. The molecule has 0 bridgehead atoms. The van der Waals surface area contributed by atoms with Crippen molar-refractivity contribution in [3.8, 4) is 22.9 Å². The highest BCUT2D eigenvalue weighted by molar-refractivity contribution is 7.59. The zero-order valence-corrected chi connectivity index (χ0v) is 38.1. The van der Waals surface area contributed by atoms with Crippen LogP contribution >= 0.6 is 18.7 Å². The van der Waals surface area contributed by atoms with Crippen LogP contribution in [0, 0.1) is 23.1 Å². The van der Waals surface area contributed by atoms with Gasteiger partial charge in [0.25, 0.3) is 0 Å². The number of Topliss-reactive ketones (excluding diaryl/α,β-unsaturated/α-hetero) is 1. The topological polar surface area (TPSA) is 157 Å². The van der Waals surface area contributed by atoms with Crippen LogP contribution in [0.3, 0.4) is 0 Å². The van der Waals surface area contributed by atoms with Gasteiger partial charge in [0, 0.05) is 41.8 Å². The van der Waals surface area contributed by atoms with Crippen LogP contribution in [0.25, 0.3) is 22.3 Å². The number of rotatable bonds is 17. The summed E-state index contributed by atoms with van der Waals surface area (Å²) >= 11 is 1.46. The number of fused-ring (bicyclic) bond motifs is 1. The molecule has 1 saturated heterocycles. The third kappa shape index (κ3) is 9.77. The molecule has 1 aliphatic heterocycles. The van der Waals surface area contributed by atoms with E-state index in [4.69, 9.17) is 24.2 Å². The number of nitrogens with one attached hydrogen (secondary N) is 1. The summed E-state index contributed by atoms with van der Waals surface area (Å²) in [6.07, 6.45) is 3.63. The number of carbonyl (C=O) groups is 3. The Kier molecular flexibility index (Phi) is 13.3. The zero-order chi connectivity index (χ0) is 44.6. The average molecular weight is 889 g/mol. The predicted molar refractivity (Wildman–Crippen MR) is 239 cm³/mol. The van der Waals surface area contributed by atoms with Gasteiger partial charge >= 0.3 is 5.97 Å². The van der Waals surface area contributed by atoms with E-state index in [1.165, 1.54) is 34.4 Å². The van der Waals surface area contributed by atoms with Crippen molar-refractivity contribution >= 4 is 52.4 Å². The Bertz CT molecular complexity index is 2380. The standard InChI is InChI=1S/C47H58FN4O8PS/c1-8-30-23-47(30,61(56,57)26-29-13-9-12-16-36(29)48)24-41(53)40-20-33(25-52(40)44(55)35(46(4,5)6)21-43(54)60-31-14-10-11-15-31)59-42-22-38(39-27-62-45(51-39)49-28(2)3)50-37-19-32(58-7)17-18-34(37)42/h8-9,12-13,16-19,22,27-28,30-31,33,35,40H,1,10-11,14-15,20-21,23-26H2,2-7H3,(H,49,51)(H,56,57)/t30-,33-,35-,40+,47-/m1/s1. The number of halogens is 1. The molecular formula is C47H58FN4O8PS. The quantitative estimate of drug-likeness (QED) is 0.0591. The first-order valence-corrected chi connectivity index (χ1v) is 24.2. The van der Waals surface area contributed by atoms with Crippen molar-refractivity contribution in [2.24, 2.45) is 17.3 Å². The molecule has 4 aromatic rings. The summed E-state index contributed by atoms with van der Waals surface area (Å²) in [6, 6.07) is 12.2. The molecule has 3 aliphatic rings. The van der Waals surface area contributed by atoms with Gasteiger partial charge in [0.15, 0.2) is 10.9 Å². The summed E-state index contributed by atoms with van der Waals surface area (Å²) in [6.45, 7) is 13.6. The monoisotopic (exact) mass is 888 g/mol. The lowest BCUT2D eigenvalue weighted by Gasteiger charge is -2.35. The van der Waals surface area contributed by atoms with Crippen molar-refractivity contribution in [2.75, 3.05) is 19.0 Å². The van der Waals surface area contributed by atoms with Crippen molar-refractivity contribution in [1.82, 2.24) is 14.9 Å². The first-order valence-electron chi connectivity index (χ1n) is 21.5. The van der Waals surface area contributed by atoms with E-state index in [1.807, 2.05) is 46.1 Å². The molecule has 2 N–H and O–H groups in total. The van der Waals surface area contributed by atoms with Gasteiger partial charge in [-0.3, -0.25) is 18.9 Å². The number of ketones is 1. The largest absolute Gasteiger partial charge is 0.497 e. The Balaban J connectivity index is 1.22. The summed E-state index contributed by atoms with van der Waals surface area (Å²) in [7, 11) is -2.65. The molecule has 3 fully saturated rings. The van der Waals surface area contributed by atoms with Gasteiger partial charge in [-0.2, -0.15) is 0 Å². The maximum Gasteiger partial charge on any atom is 0.306 e. The average Bonchev–Trinajstić information content (AvgIpc) is 3.61. The highest BCUT2D eigenvalue weighted by Crippen LogP contribution is 2.74. The first kappa shape index (κ1) is 45.4. The molecule has 2 aliphatic carbocycles. The minimum absolute atomic E-state index is 0.0118. The SMILES string of the molecule is C=C[C@@H]1C[C@]1(CC(=O)[C@@H]1C[C@@H](Oc2cc(-c3csc(NC(C)C)n3)nc3cc(OC)ccc23)CN1C(=O)[C@@H](CC(=O)OC1CCCC1)C(C)(C)C)P(=O)(O)Cc1ccccc1F. The van der Waals surface area contributed by atoms with Gasteiger partial charge in [-0.15, -0.1) is 17.9 Å². The lowest BCUT2D eigenvalue weighted by Crippen LogP contribution is -2.48. The number of ether oxygens (including phenoxy) is 3. The van der Waals surface area contributed by atoms with Gasteiger partial charge < -0.3 is 29.3 Å². The fraction of sp³-hybridized carbons (Fsp3) is 0.511. The van der Waals surface area contributed by atoms with Crippen LogP contribution in [0.1, 0.15) is 91.5 Å². The van der Waals surface area contributed by atoms with Crippen molar-refractivity contribution in [3.63, 3.8) is 0 Å². The Hall–Kier alpha value is -4.65. The zero-order valence-electron chi connectivity index (χ0n) is 36.4. The van der Waals surface area contributed by atoms with Gasteiger partial charge in [0.1, 0.15) is 35.2 Å². The maximum absolute atomic E-state index is 15.0. The number of nitrogens with zero attached hydrogens (tertiary/aromatic N) is 3. The molecule has 0 radical (unpaired) electrons. The van der Waals surface area contributed by atoms with Crippen molar-refractivity contribution < 1.29 is 42.4 Å². The van der Waals surface area contributed by atoms with Crippen molar-refractivity contribution in [3.05, 3.63) is 77.9 Å². The van der Waals surface area contributed by atoms with E-state index in [1.54, 1.807) is 37.5 Å². The third-order valence-electron chi connectivity index (χ3n) is 12.6. The summed E-state index contributed by atoms with van der Waals surface area (Å²) in [5.74, 6) is -2.10. The number of thiazole rings is 1. The Morgan fingerprint density at radius 3 is 2.50 bits per heavy atom. The molecule has 62 heavy (non-hydrogen) atoms. The van der Waals surface area contributed by atoms with E-state index in [-0.39, 0.29) is 49.9 Å². The number of hydrogen-bond donors (Lipinski definition) is 2. The molecule has 1 unspecified atom stereocenters. The van der Waals surface area contributed by atoms with E-state index in [2.05, 4.69) is 11.9 Å². The van der Waals surface area contributed by atoms with Crippen LogP contribution in [-0.2, 0) is 29.8 Å². The molecule has 332 valence electrons. The number of aromatic nitrogens is 2. The van der Waals surface area contributed by atoms with Crippen LogP contribution in [0.4, 0.5) is 9.52 Å². The molecule has 7 rings (SSSR count). The minimum atomic E-state index is -4.22. The van der Waals surface area contributed by atoms with Crippen molar-refractivity contribution in [2.45, 2.75) is 122 Å². The number of anilines is 1. The molecule has 3 heterocycles. The van der Waals surface area contributed by atoms with Gasteiger partial charge in [-0.05, 0) is 81.0 Å². The third-order valence-corrected chi connectivity index (χ3v) is 16.2. The van der Waals surface area contributed by atoms with Crippen LogP contribution in [-0.4, -0.2) is 80.5 Å². The molecule has 0 spiro atoms.